The first-order valence-corrected chi connectivity index (χ1v) is 8.97. The zero-order valence-corrected chi connectivity index (χ0v) is 15.7. The molecule has 0 radical (unpaired) electrons. The number of amides is 2. The molecule has 5 nitrogen and oxygen atoms in total. The highest BCUT2D eigenvalue weighted by atomic mass is 35.5. The fourth-order valence-electron chi connectivity index (χ4n) is 2.99. The molecule has 1 heterocycles. The molecule has 0 spiro atoms. The van der Waals surface area contributed by atoms with Crippen LogP contribution in [0.15, 0.2) is 76.1 Å². The Kier molecular flexibility index (Phi) is 4.67. The Labute approximate surface area is 165 Å². The Bertz CT molecular complexity index is 1300. The standard InChI is InChI=1S/C22H15ClN2O3/c1-13(26)24-21(27)18-12-15-11-16(23)9-10-20(15)28-22(18)25-19-8-4-6-14-5-2-3-7-17(14)19/h2-12H,1H3,(H,24,26,27). The molecule has 0 bridgehead atoms. The molecule has 4 aromatic rings. The Balaban J connectivity index is 2.00. The fourth-order valence-corrected chi connectivity index (χ4v) is 3.17. The monoisotopic (exact) mass is 390 g/mol. The summed E-state index contributed by atoms with van der Waals surface area (Å²) in [7, 11) is 0. The molecule has 28 heavy (non-hydrogen) atoms. The van der Waals surface area contributed by atoms with Crippen LogP contribution < -0.4 is 10.9 Å². The van der Waals surface area contributed by atoms with Crippen molar-refractivity contribution in [2.75, 3.05) is 0 Å². The molecule has 6 heteroatoms. The predicted molar refractivity (Wildman–Crippen MR) is 109 cm³/mol. The van der Waals surface area contributed by atoms with E-state index < -0.39 is 11.8 Å². The Morgan fingerprint density at radius 3 is 2.57 bits per heavy atom. The molecule has 0 unspecified atom stereocenters. The van der Waals surface area contributed by atoms with Gasteiger partial charge in [0.05, 0.1) is 5.69 Å². The average molecular weight is 391 g/mol. The average Bonchev–Trinajstić information content (AvgIpc) is 2.67. The van der Waals surface area contributed by atoms with Crippen LogP contribution in [0.4, 0.5) is 5.69 Å². The van der Waals surface area contributed by atoms with Crippen molar-refractivity contribution in [3.8, 4) is 0 Å². The number of imide groups is 1. The zero-order valence-electron chi connectivity index (χ0n) is 14.9. The van der Waals surface area contributed by atoms with Crippen LogP contribution in [0.1, 0.15) is 17.3 Å². The van der Waals surface area contributed by atoms with Crippen LogP contribution in [0.2, 0.25) is 5.02 Å². The van der Waals surface area contributed by atoms with Gasteiger partial charge in [-0.05, 0) is 35.7 Å². The summed E-state index contributed by atoms with van der Waals surface area (Å²) in [5, 5.41) is 5.37. The Hall–Kier alpha value is -3.44. The summed E-state index contributed by atoms with van der Waals surface area (Å²) in [6.07, 6.45) is 0. The van der Waals surface area contributed by atoms with Gasteiger partial charge in [0.25, 0.3) is 5.91 Å². The van der Waals surface area contributed by atoms with Crippen LogP contribution in [0.3, 0.4) is 0 Å². The van der Waals surface area contributed by atoms with E-state index >= 15 is 0 Å². The van der Waals surface area contributed by atoms with E-state index in [9.17, 15) is 9.59 Å². The number of hydrogen-bond donors (Lipinski definition) is 1. The van der Waals surface area contributed by atoms with E-state index in [0.717, 1.165) is 10.8 Å². The molecule has 3 aromatic carbocycles. The van der Waals surface area contributed by atoms with Crippen LogP contribution in [0, 0.1) is 0 Å². The van der Waals surface area contributed by atoms with Crippen LogP contribution in [-0.2, 0) is 4.79 Å². The smallest absolute Gasteiger partial charge is 0.263 e. The molecule has 0 aliphatic carbocycles. The van der Waals surface area contributed by atoms with Crippen LogP contribution in [-0.4, -0.2) is 11.8 Å². The van der Waals surface area contributed by atoms with Crippen LogP contribution in [0.5, 0.6) is 0 Å². The van der Waals surface area contributed by atoms with Gasteiger partial charge in [-0.1, -0.05) is 48.0 Å². The normalized spacial score (nSPS) is 11.7. The number of halogens is 1. The number of nitrogens with zero attached hydrogens (tertiary/aromatic N) is 1. The highest BCUT2D eigenvalue weighted by molar-refractivity contribution is 6.31. The van der Waals surface area contributed by atoms with Gasteiger partial charge in [-0.2, -0.15) is 0 Å². The van der Waals surface area contributed by atoms with E-state index in [1.54, 1.807) is 24.3 Å². The van der Waals surface area contributed by atoms with E-state index in [2.05, 4.69) is 10.3 Å². The number of fused-ring (bicyclic) bond motifs is 2. The maximum absolute atomic E-state index is 12.6. The molecule has 0 atom stereocenters. The van der Waals surface area contributed by atoms with E-state index in [4.69, 9.17) is 16.0 Å². The Morgan fingerprint density at radius 1 is 0.964 bits per heavy atom. The third-order valence-electron chi connectivity index (χ3n) is 4.23. The molecule has 1 N–H and O–H groups in total. The molecule has 1 aromatic heterocycles. The van der Waals surface area contributed by atoms with Gasteiger partial charge in [-0.25, -0.2) is 4.99 Å². The number of carbonyl (C=O) groups is 2. The molecule has 0 aliphatic heterocycles. The molecule has 138 valence electrons. The van der Waals surface area contributed by atoms with Crippen molar-refractivity contribution < 1.29 is 14.0 Å². The maximum atomic E-state index is 12.6. The number of benzene rings is 3. The quantitative estimate of drug-likeness (QED) is 0.537. The molecule has 0 saturated heterocycles. The van der Waals surface area contributed by atoms with Crippen LogP contribution in [0.25, 0.3) is 21.7 Å². The topological polar surface area (TPSA) is 71.7 Å². The summed E-state index contributed by atoms with van der Waals surface area (Å²) in [6, 6.07) is 20.2. The molecule has 0 aliphatic rings. The van der Waals surface area contributed by atoms with Crippen molar-refractivity contribution in [2.24, 2.45) is 4.99 Å². The van der Waals surface area contributed by atoms with Gasteiger partial charge in [-0.3, -0.25) is 14.9 Å². The molecule has 4 rings (SSSR count). The lowest BCUT2D eigenvalue weighted by Gasteiger charge is -2.06. The third kappa shape index (κ3) is 3.52. The van der Waals surface area contributed by atoms with Crippen LogP contribution >= 0.6 is 11.6 Å². The molecular formula is C22H15ClN2O3. The highest BCUT2D eigenvalue weighted by Crippen LogP contribution is 2.25. The molecule has 0 fully saturated rings. The van der Waals surface area contributed by atoms with E-state index in [-0.39, 0.29) is 11.1 Å². The van der Waals surface area contributed by atoms with Gasteiger partial charge in [-0.15, -0.1) is 0 Å². The first kappa shape index (κ1) is 17.9. The maximum Gasteiger partial charge on any atom is 0.263 e. The van der Waals surface area contributed by atoms with E-state index in [1.807, 2.05) is 42.5 Å². The van der Waals surface area contributed by atoms with Crippen molar-refractivity contribution in [2.45, 2.75) is 6.92 Å². The number of nitrogens with one attached hydrogen (secondary N) is 1. The van der Waals surface area contributed by atoms with Gasteiger partial charge in [0.2, 0.25) is 11.5 Å². The summed E-state index contributed by atoms with van der Waals surface area (Å²) in [4.78, 5) is 28.5. The lowest BCUT2D eigenvalue weighted by molar-refractivity contribution is -0.118. The summed E-state index contributed by atoms with van der Waals surface area (Å²) in [6.45, 7) is 1.27. The molecule has 2 amide bonds. The predicted octanol–water partition coefficient (Wildman–Crippen LogP) is 4.75. The minimum atomic E-state index is -0.586. The largest absolute Gasteiger partial charge is 0.438 e. The molecule has 0 saturated carbocycles. The SMILES string of the molecule is CC(=O)NC(=O)c1cc2cc(Cl)ccc2oc1=Nc1cccc2ccccc12. The van der Waals surface area contributed by atoms with Crippen molar-refractivity contribution in [1.29, 1.82) is 0 Å². The zero-order chi connectivity index (χ0) is 19.7. The summed E-state index contributed by atoms with van der Waals surface area (Å²) >= 11 is 6.05. The minimum absolute atomic E-state index is 0.116. The number of hydrogen-bond acceptors (Lipinski definition) is 4. The van der Waals surface area contributed by atoms with Gasteiger partial charge < -0.3 is 4.42 Å². The first-order chi connectivity index (χ1) is 13.5. The van der Waals surface area contributed by atoms with Gasteiger partial charge >= 0.3 is 0 Å². The van der Waals surface area contributed by atoms with Crippen molar-refractivity contribution in [1.82, 2.24) is 5.32 Å². The van der Waals surface area contributed by atoms with Gasteiger partial charge in [0, 0.05) is 22.7 Å². The summed E-state index contributed by atoms with van der Waals surface area (Å²) in [5.74, 6) is -1.05. The van der Waals surface area contributed by atoms with Gasteiger partial charge in [0.1, 0.15) is 11.1 Å². The first-order valence-electron chi connectivity index (χ1n) is 8.59. The number of rotatable bonds is 2. The molecular weight excluding hydrogens is 376 g/mol. The van der Waals surface area contributed by atoms with Crippen molar-refractivity contribution >= 4 is 50.8 Å². The second-order valence-electron chi connectivity index (χ2n) is 6.27. The highest BCUT2D eigenvalue weighted by Gasteiger charge is 2.14. The summed E-state index contributed by atoms with van der Waals surface area (Å²) in [5.41, 5.74) is 1.46. The lowest BCUT2D eigenvalue weighted by Crippen LogP contribution is -2.32. The Morgan fingerprint density at radius 2 is 1.75 bits per heavy atom. The summed E-state index contributed by atoms with van der Waals surface area (Å²) < 4.78 is 5.91. The van der Waals surface area contributed by atoms with Gasteiger partial charge in [0.15, 0.2) is 0 Å². The third-order valence-corrected chi connectivity index (χ3v) is 4.47. The number of carbonyl (C=O) groups excluding carboxylic acids is 2. The fraction of sp³-hybridized carbons (Fsp3) is 0.0455. The minimum Gasteiger partial charge on any atom is -0.438 e. The van der Waals surface area contributed by atoms with E-state index in [1.165, 1.54) is 6.92 Å². The van der Waals surface area contributed by atoms with Crippen molar-refractivity contribution in [3.05, 3.63) is 82.9 Å². The lowest BCUT2D eigenvalue weighted by atomic mass is 10.1. The van der Waals surface area contributed by atoms with E-state index in [0.29, 0.717) is 21.7 Å². The second kappa shape index (κ2) is 7.29. The van der Waals surface area contributed by atoms with Crippen molar-refractivity contribution in [3.63, 3.8) is 0 Å². The second-order valence-corrected chi connectivity index (χ2v) is 6.70.